The Balaban J connectivity index is 2.45. The predicted molar refractivity (Wildman–Crippen MR) is 101 cm³/mol. The van der Waals surface area contributed by atoms with Crippen molar-refractivity contribution in [3.05, 3.63) is 17.5 Å². The van der Waals surface area contributed by atoms with Crippen LogP contribution in [0.15, 0.2) is 10.7 Å². The lowest BCUT2D eigenvalue weighted by atomic mass is 9.95. The third kappa shape index (κ3) is 6.51. The maximum Gasteiger partial charge on any atom is 0.305 e. The molecule has 1 aromatic rings. The van der Waals surface area contributed by atoms with Crippen molar-refractivity contribution in [3.8, 4) is 0 Å². The Morgan fingerprint density at radius 3 is 2.03 bits per heavy atom. The number of hydrogen-bond acceptors (Lipinski definition) is 12. The van der Waals surface area contributed by atoms with E-state index < -0.39 is 67.0 Å². The highest BCUT2D eigenvalue weighted by Gasteiger charge is 2.52. The number of rotatable bonds is 7. The van der Waals surface area contributed by atoms with Crippen LogP contribution >= 0.6 is 0 Å². The number of hydrogen-bond donors (Lipinski definition) is 1. The van der Waals surface area contributed by atoms with Gasteiger partial charge >= 0.3 is 23.9 Å². The molecule has 13 heteroatoms. The molecule has 176 valence electrons. The molecule has 2 heterocycles. The fourth-order valence-corrected chi connectivity index (χ4v) is 3.07. The molecule has 1 aromatic heterocycles. The van der Waals surface area contributed by atoms with Crippen molar-refractivity contribution < 1.29 is 52.2 Å². The van der Waals surface area contributed by atoms with Crippen molar-refractivity contribution in [3.63, 3.8) is 0 Å². The van der Waals surface area contributed by atoms with E-state index in [2.05, 4.69) is 10.5 Å². The number of nitrogens with one attached hydrogen (secondary N) is 1. The first kappa shape index (κ1) is 24.8. The van der Waals surface area contributed by atoms with E-state index in [1.54, 1.807) is 0 Å². The first-order chi connectivity index (χ1) is 15.0. The summed E-state index contributed by atoms with van der Waals surface area (Å²) in [5, 5.41) is 6.07. The van der Waals surface area contributed by atoms with Gasteiger partial charge in [-0.25, -0.2) is 0 Å². The largest absolute Gasteiger partial charge is 0.463 e. The van der Waals surface area contributed by atoms with Crippen LogP contribution in [0, 0.1) is 6.92 Å². The van der Waals surface area contributed by atoms with Crippen LogP contribution in [-0.2, 0) is 42.9 Å². The molecule has 13 nitrogen and oxygen atoms in total. The number of carbonyl (C=O) groups excluding carboxylic acids is 5. The van der Waals surface area contributed by atoms with Gasteiger partial charge in [-0.3, -0.25) is 24.0 Å². The Labute approximate surface area is 182 Å². The first-order valence-corrected chi connectivity index (χ1v) is 9.52. The number of aromatic nitrogens is 1. The van der Waals surface area contributed by atoms with Gasteiger partial charge in [-0.2, -0.15) is 0 Å². The zero-order chi connectivity index (χ0) is 24.0. The van der Waals surface area contributed by atoms with Crippen LogP contribution in [0.25, 0.3) is 0 Å². The van der Waals surface area contributed by atoms with Crippen molar-refractivity contribution in [1.29, 1.82) is 0 Å². The Morgan fingerprint density at radius 2 is 1.53 bits per heavy atom. The summed E-state index contributed by atoms with van der Waals surface area (Å²) in [5.74, 6) is -3.45. The molecular formula is C19H24N2O11. The quantitative estimate of drug-likeness (QED) is 0.424. The number of aryl methyl sites for hydroxylation is 1. The standard InChI is InChI=1S/C19H24N2O11/c1-8-13(6-20-32-8)18(26)21-15-17(29-11(4)24)16(28-10(3)23)14(7-27-9(2)22)31-19(15)30-12(5)25/h6,14-17,19H,7H2,1-5H3,(H,21,26)/t14-,15-,16+,17-,19-/m1/s1. The summed E-state index contributed by atoms with van der Waals surface area (Å²) in [6.07, 6.45) is -4.16. The third-order valence-corrected chi connectivity index (χ3v) is 4.28. The highest BCUT2D eigenvalue weighted by atomic mass is 16.7. The van der Waals surface area contributed by atoms with Crippen molar-refractivity contribution >= 4 is 29.8 Å². The molecule has 1 fully saturated rings. The molecule has 1 aliphatic heterocycles. The molecule has 32 heavy (non-hydrogen) atoms. The molecule has 1 N–H and O–H groups in total. The average Bonchev–Trinajstić information content (AvgIpc) is 3.09. The summed E-state index contributed by atoms with van der Waals surface area (Å²) in [6, 6.07) is -1.30. The molecule has 0 aliphatic carbocycles. The zero-order valence-electron chi connectivity index (χ0n) is 18.1. The Morgan fingerprint density at radius 1 is 0.938 bits per heavy atom. The fraction of sp³-hybridized carbons (Fsp3) is 0.579. The van der Waals surface area contributed by atoms with Crippen molar-refractivity contribution in [1.82, 2.24) is 10.5 Å². The van der Waals surface area contributed by atoms with E-state index in [1.165, 1.54) is 13.1 Å². The first-order valence-electron chi connectivity index (χ1n) is 9.52. The molecule has 0 bridgehead atoms. The van der Waals surface area contributed by atoms with Gasteiger partial charge in [-0.15, -0.1) is 0 Å². The molecule has 0 radical (unpaired) electrons. The van der Waals surface area contributed by atoms with Crippen molar-refractivity contribution in [2.75, 3.05) is 6.61 Å². The van der Waals surface area contributed by atoms with Crippen LogP contribution in [0.1, 0.15) is 43.8 Å². The summed E-state index contributed by atoms with van der Waals surface area (Å²) in [4.78, 5) is 59.3. The number of carbonyl (C=O) groups is 5. The van der Waals surface area contributed by atoms with E-state index in [0.29, 0.717) is 0 Å². The number of esters is 4. The van der Waals surface area contributed by atoms with Crippen LogP contribution in [0.4, 0.5) is 0 Å². The van der Waals surface area contributed by atoms with E-state index in [4.69, 9.17) is 28.2 Å². The minimum Gasteiger partial charge on any atom is -0.463 e. The summed E-state index contributed by atoms with van der Waals surface area (Å²) < 4.78 is 31.3. The Bertz CT molecular complexity index is 880. The summed E-state index contributed by atoms with van der Waals surface area (Å²) in [7, 11) is 0. The van der Waals surface area contributed by atoms with Gasteiger partial charge in [-0.1, -0.05) is 5.16 Å². The Hall–Kier alpha value is -3.48. The van der Waals surface area contributed by atoms with Gasteiger partial charge in [0.15, 0.2) is 12.2 Å². The summed E-state index contributed by atoms with van der Waals surface area (Å²) in [6.45, 7) is 5.57. The predicted octanol–water partition coefficient (Wildman–Crippen LogP) is -0.204. The molecule has 1 amide bonds. The molecule has 1 saturated heterocycles. The zero-order valence-corrected chi connectivity index (χ0v) is 18.1. The minimum absolute atomic E-state index is 0.0687. The fourth-order valence-electron chi connectivity index (χ4n) is 3.07. The second-order valence-corrected chi connectivity index (χ2v) is 6.90. The van der Waals surface area contributed by atoms with Gasteiger partial charge in [-0.05, 0) is 6.92 Å². The van der Waals surface area contributed by atoms with E-state index >= 15 is 0 Å². The SMILES string of the molecule is CC(=O)OC[C@H]1O[C@@H](OC(C)=O)[C@H](NC(=O)c2cnoc2C)[C@@H](OC(C)=O)[C@H]1OC(C)=O. The monoisotopic (exact) mass is 456 g/mol. The van der Waals surface area contributed by atoms with Crippen LogP contribution in [0.5, 0.6) is 0 Å². The van der Waals surface area contributed by atoms with Crippen LogP contribution in [0.3, 0.4) is 0 Å². The topological polar surface area (TPSA) is 170 Å². The van der Waals surface area contributed by atoms with Gasteiger partial charge in [0.2, 0.25) is 6.29 Å². The van der Waals surface area contributed by atoms with Crippen LogP contribution < -0.4 is 5.32 Å². The lowest BCUT2D eigenvalue weighted by Gasteiger charge is -2.44. The normalized spacial score (nSPS) is 24.7. The summed E-state index contributed by atoms with van der Waals surface area (Å²) >= 11 is 0. The lowest BCUT2D eigenvalue weighted by Crippen LogP contribution is -2.67. The number of ether oxygens (including phenoxy) is 5. The highest BCUT2D eigenvalue weighted by molar-refractivity contribution is 5.95. The molecule has 2 rings (SSSR count). The molecule has 5 atom stereocenters. The average molecular weight is 456 g/mol. The molecule has 0 saturated carbocycles. The van der Waals surface area contributed by atoms with Crippen molar-refractivity contribution in [2.24, 2.45) is 0 Å². The Kier molecular flexibility index (Phi) is 8.29. The maximum atomic E-state index is 12.8. The van der Waals surface area contributed by atoms with Gasteiger partial charge in [0.25, 0.3) is 5.91 Å². The molecule has 0 aromatic carbocycles. The van der Waals surface area contributed by atoms with E-state index in [9.17, 15) is 24.0 Å². The third-order valence-electron chi connectivity index (χ3n) is 4.28. The van der Waals surface area contributed by atoms with Gasteiger partial charge < -0.3 is 33.5 Å². The second kappa shape index (κ2) is 10.7. The van der Waals surface area contributed by atoms with E-state index in [-0.39, 0.29) is 11.3 Å². The van der Waals surface area contributed by atoms with Gasteiger partial charge in [0, 0.05) is 27.7 Å². The molecule has 0 spiro atoms. The minimum atomic E-state index is -1.48. The van der Waals surface area contributed by atoms with E-state index in [1.807, 2.05) is 0 Å². The second-order valence-electron chi connectivity index (χ2n) is 6.90. The van der Waals surface area contributed by atoms with Crippen LogP contribution in [0.2, 0.25) is 0 Å². The summed E-state index contributed by atoms with van der Waals surface area (Å²) in [5.41, 5.74) is 0.0687. The highest BCUT2D eigenvalue weighted by Crippen LogP contribution is 2.28. The maximum absolute atomic E-state index is 12.8. The molecular weight excluding hydrogens is 432 g/mol. The van der Waals surface area contributed by atoms with Crippen LogP contribution in [-0.4, -0.2) is 72.2 Å². The number of amides is 1. The number of nitrogens with zero attached hydrogens (tertiary/aromatic N) is 1. The van der Waals surface area contributed by atoms with Gasteiger partial charge in [0.1, 0.15) is 30.1 Å². The van der Waals surface area contributed by atoms with E-state index in [0.717, 1.165) is 27.7 Å². The van der Waals surface area contributed by atoms with Crippen molar-refractivity contribution in [2.45, 2.75) is 65.3 Å². The lowest BCUT2D eigenvalue weighted by molar-refractivity contribution is -0.270. The molecule has 0 unspecified atom stereocenters. The smallest absolute Gasteiger partial charge is 0.305 e. The molecule has 1 aliphatic rings. The van der Waals surface area contributed by atoms with Gasteiger partial charge in [0.05, 0.1) is 6.20 Å².